The highest BCUT2D eigenvalue weighted by Gasteiger charge is 2.12. The third-order valence-electron chi connectivity index (χ3n) is 3.07. The third-order valence-corrected chi connectivity index (χ3v) is 3.07. The molecule has 0 unspecified atom stereocenters. The van der Waals surface area contributed by atoms with Gasteiger partial charge in [-0.15, -0.1) is 0 Å². The van der Waals surface area contributed by atoms with Gasteiger partial charge in [-0.3, -0.25) is 9.78 Å². The Morgan fingerprint density at radius 3 is 2.28 bits per heavy atom. The molecule has 1 heterocycles. The molecule has 1 aromatic carbocycles. The first kappa shape index (κ1) is 12.5. The van der Waals surface area contributed by atoms with Gasteiger partial charge >= 0.3 is 0 Å². The molecule has 0 atom stereocenters. The fraction of sp³-hybridized carbons (Fsp3) is 0.250. The molecule has 0 aliphatic carbocycles. The van der Waals surface area contributed by atoms with Crippen molar-refractivity contribution in [1.82, 2.24) is 4.98 Å². The van der Waals surface area contributed by atoms with Crippen LogP contribution in [0.1, 0.15) is 32.7 Å². The van der Waals surface area contributed by atoms with E-state index in [1.165, 1.54) is 0 Å². The Morgan fingerprint density at radius 1 is 1.06 bits per heavy atom. The van der Waals surface area contributed by atoms with Crippen LogP contribution >= 0.6 is 0 Å². The lowest BCUT2D eigenvalue weighted by Crippen LogP contribution is -2.08. The predicted molar refractivity (Wildman–Crippen MR) is 72.9 cm³/mol. The molecule has 92 valence electrons. The Kier molecular flexibility index (Phi) is 3.56. The Labute approximate surface area is 108 Å². The van der Waals surface area contributed by atoms with E-state index >= 15 is 0 Å². The van der Waals surface area contributed by atoms with E-state index in [4.69, 9.17) is 0 Å². The topological polar surface area (TPSA) is 30.0 Å². The smallest absolute Gasteiger partial charge is 0.169 e. The van der Waals surface area contributed by atoms with Crippen molar-refractivity contribution in [2.24, 2.45) is 0 Å². The maximum atomic E-state index is 12.3. The van der Waals surface area contributed by atoms with Gasteiger partial charge < -0.3 is 0 Å². The van der Waals surface area contributed by atoms with Crippen LogP contribution in [0.4, 0.5) is 0 Å². The molecule has 2 rings (SSSR count). The molecule has 1 aromatic heterocycles. The average molecular weight is 239 g/mol. The summed E-state index contributed by atoms with van der Waals surface area (Å²) in [6, 6.07) is 9.83. The Bertz CT molecular complexity index is 550. The number of rotatable bonds is 3. The van der Waals surface area contributed by atoms with Crippen molar-refractivity contribution in [3.8, 4) is 0 Å². The van der Waals surface area contributed by atoms with E-state index in [0.717, 1.165) is 27.9 Å². The summed E-state index contributed by atoms with van der Waals surface area (Å²) in [6.07, 6.45) is 2.17. The number of carbonyl (C=O) groups excluding carboxylic acids is 1. The number of nitrogens with zero attached hydrogens (tertiary/aromatic N) is 1. The van der Waals surface area contributed by atoms with Crippen LogP contribution in [-0.2, 0) is 6.42 Å². The van der Waals surface area contributed by atoms with Crippen molar-refractivity contribution >= 4 is 5.78 Å². The number of aryl methyl sites for hydroxylation is 3. The lowest BCUT2D eigenvalue weighted by molar-refractivity contribution is 0.0991. The van der Waals surface area contributed by atoms with Gasteiger partial charge in [0.15, 0.2) is 5.78 Å². The fourth-order valence-electron chi connectivity index (χ4n) is 2.11. The highest BCUT2D eigenvalue weighted by Crippen LogP contribution is 2.16. The summed E-state index contributed by atoms with van der Waals surface area (Å²) in [5.74, 6) is 0.141. The number of hydrogen-bond donors (Lipinski definition) is 0. The van der Waals surface area contributed by atoms with Crippen LogP contribution in [0.2, 0.25) is 0 Å². The van der Waals surface area contributed by atoms with Crippen molar-refractivity contribution in [2.45, 2.75) is 27.2 Å². The third kappa shape index (κ3) is 2.65. The minimum atomic E-state index is 0.141. The molecule has 2 heteroatoms. The lowest BCUT2D eigenvalue weighted by atomic mass is 9.96. The maximum absolute atomic E-state index is 12.3. The summed E-state index contributed by atoms with van der Waals surface area (Å²) in [5.41, 5.74) is 4.84. The van der Waals surface area contributed by atoms with Gasteiger partial charge in [-0.25, -0.2) is 0 Å². The molecule has 0 fully saturated rings. The first-order chi connectivity index (χ1) is 8.58. The van der Waals surface area contributed by atoms with Gasteiger partial charge in [-0.2, -0.15) is 0 Å². The molecule has 0 saturated heterocycles. The summed E-state index contributed by atoms with van der Waals surface area (Å²) in [5, 5.41) is 0. The molecule has 0 amide bonds. The second-order valence-corrected chi connectivity index (χ2v) is 4.69. The molecule has 0 radical (unpaired) electrons. The van der Waals surface area contributed by atoms with E-state index in [1.807, 2.05) is 51.1 Å². The van der Waals surface area contributed by atoms with Gasteiger partial charge in [-0.1, -0.05) is 24.3 Å². The van der Waals surface area contributed by atoms with Gasteiger partial charge in [0.25, 0.3) is 0 Å². The van der Waals surface area contributed by atoms with E-state index in [0.29, 0.717) is 6.42 Å². The van der Waals surface area contributed by atoms with Gasteiger partial charge in [0.2, 0.25) is 0 Å². The van der Waals surface area contributed by atoms with E-state index in [9.17, 15) is 4.79 Å². The van der Waals surface area contributed by atoms with Crippen LogP contribution in [0.5, 0.6) is 0 Å². The molecule has 0 aliphatic rings. The van der Waals surface area contributed by atoms with Crippen LogP contribution in [0.25, 0.3) is 0 Å². The number of carbonyl (C=O) groups is 1. The van der Waals surface area contributed by atoms with Crippen molar-refractivity contribution in [3.63, 3.8) is 0 Å². The molecular weight excluding hydrogens is 222 g/mol. The lowest BCUT2D eigenvalue weighted by Gasteiger charge is -2.08. The zero-order valence-corrected chi connectivity index (χ0v) is 11.0. The molecule has 0 N–H and O–H groups in total. The van der Waals surface area contributed by atoms with E-state index in [-0.39, 0.29) is 5.78 Å². The second-order valence-electron chi connectivity index (χ2n) is 4.69. The fourth-order valence-corrected chi connectivity index (χ4v) is 2.11. The number of ketones is 1. The average Bonchev–Trinajstić information content (AvgIpc) is 2.32. The molecule has 0 aliphatic heterocycles. The molecule has 18 heavy (non-hydrogen) atoms. The van der Waals surface area contributed by atoms with Crippen molar-refractivity contribution in [3.05, 3.63) is 64.5 Å². The van der Waals surface area contributed by atoms with E-state index in [1.54, 1.807) is 6.20 Å². The molecule has 2 aromatic rings. The monoisotopic (exact) mass is 239 g/mol. The van der Waals surface area contributed by atoms with Crippen LogP contribution in [0.3, 0.4) is 0 Å². The Balaban J connectivity index is 2.25. The minimum absolute atomic E-state index is 0.141. The Hall–Kier alpha value is -1.96. The molecular formula is C16H17NO. The van der Waals surface area contributed by atoms with E-state index < -0.39 is 0 Å². The Morgan fingerprint density at radius 2 is 1.72 bits per heavy atom. The molecule has 0 spiro atoms. The first-order valence-corrected chi connectivity index (χ1v) is 6.09. The van der Waals surface area contributed by atoms with Gasteiger partial charge in [0.05, 0.1) is 6.42 Å². The molecule has 0 bridgehead atoms. The number of pyridine rings is 1. The largest absolute Gasteiger partial charge is 0.294 e. The van der Waals surface area contributed by atoms with Crippen molar-refractivity contribution in [1.29, 1.82) is 0 Å². The summed E-state index contributed by atoms with van der Waals surface area (Å²) in [6.45, 7) is 5.94. The standard InChI is InChI=1S/C16H17NO/c1-11-7-8-14(17-10-11)9-15(18)16-12(2)5-4-6-13(16)3/h4-8,10H,9H2,1-3H3. The van der Waals surface area contributed by atoms with Gasteiger partial charge in [0, 0.05) is 17.5 Å². The van der Waals surface area contributed by atoms with Gasteiger partial charge in [-0.05, 0) is 43.5 Å². The maximum Gasteiger partial charge on any atom is 0.169 e. The molecule has 0 saturated carbocycles. The summed E-state index contributed by atoms with van der Waals surface area (Å²) < 4.78 is 0. The predicted octanol–water partition coefficient (Wildman–Crippen LogP) is 3.43. The molecule has 2 nitrogen and oxygen atoms in total. The highest BCUT2D eigenvalue weighted by molar-refractivity contribution is 5.99. The minimum Gasteiger partial charge on any atom is -0.294 e. The van der Waals surface area contributed by atoms with E-state index in [2.05, 4.69) is 4.98 Å². The van der Waals surface area contributed by atoms with Crippen LogP contribution < -0.4 is 0 Å². The summed E-state index contributed by atoms with van der Waals surface area (Å²) in [4.78, 5) is 16.6. The normalized spacial score (nSPS) is 10.4. The van der Waals surface area contributed by atoms with Crippen LogP contribution in [-0.4, -0.2) is 10.8 Å². The number of aromatic nitrogens is 1. The number of Topliss-reactive ketones (excluding diaryl/α,β-unsaturated/α-hetero) is 1. The highest BCUT2D eigenvalue weighted by atomic mass is 16.1. The first-order valence-electron chi connectivity index (χ1n) is 6.09. The quantitative estimate of drug-likeness (QED) is 0.768. The zero-order valence-electron chi connectivity index (χ0n) is 11.0. The zero-order chi connectivity index (χ0) is 13.1. The number of hydrogen-bond acceptors (Lipinski definition) is 2. The summed E-state index contributed by atoms with van der Waals surface area (Å²) in [7, 11) is 0. The summed E-state index contributed by atoms with van der Waals surface area (Å²) >= 11 is 0. The van der Waals surface area contributed by atoms with Crippen LogP contribution in [0, 0.1) is 20.8 Å². The van der Waals surface area contributed by atoms with Crippen molar-refractivity contribution < 1.29 is 4.79 Å². The second kappa shape index (κ2) is 5.13. The number of benzene rings is 1. The van der Waals surface area contributed by atoms with Gasteiger partial charge in [0.1, 0.15) is 0 Å². The SMILES string of the molecule is Cc1ccc(CC(=O)c2c(C)cccc2C)nc1. The van der Waals surface area contributed by atoms with Crippen molar-refractivity contribution in [2.75, 3.05) is 0 Å². The van der Waals surface area contributed by atoms with Crippen LogP contribution in [0.15, 0.2) is 36.5 Å².